The second kappa shape index (κ2) is 8.00. The van der Waals surface area contributed by atoms with Crippen LogP contribution in [-0.4, -0.2) is 31.5 Å². The van der Waals surface area contributed by atoms with Gasteiger partial charge in [-0.25, -0.2) is 0 Å². The molecule has 0 spiro atoms. The SMILES string of the molecule is COCC(CCCl)NC(=O)c1cc(C(F)(F)F)ccc1Br. The van der Waals surface area contributed by atoms with Gasteiger partial charge >= 0.3 is 6.18 Å². The molecule has 0 aliphatic rings. The highest BCUT2D eigenvalue weighted by Gasteiger charge is 2.31. The maximum atomic E-state index is 12.7. The third kappa shape index (κ3) is 5.48. The van der Waals surface area contributed by atoms with E-state index in [-0.39, 0.29) is 22.7 Å². The quantitative estimate of drug-likeness (QED) is 0.752. The molecule has 0 saturated carbocycles. The zero-order valence-electron chi connectivity index (χ0n) is 11.1. The molecule has 1 rings (SSSR count). The van der Waals surface area contributed by atoms with E-state index in [0.717, 1.165) is 12.1 Å². The monoisotopic (exact) mass is 387 g/mol. The minimum absolute atomic E-state index is 0.0829. The third-order valence-corrected chi connectivity index (χ3v) is 3.61. The first kappa shape index (κ1) is 18.3. The zero-order chi connectivity index (χ0) is 16.0. The molecule has 0 saturated heterocycles. The van der Waals surface area contributed by atoms with Crippen LogP contribution in [0.25, 0.3) is 0 Å². The molecule has 1 N–H and O–H groups in total. The molecule has 1 unspecified atom stereocenters. The number of benzene rings is 1. The van der Waals surface area contributed by atoms with Crippen molar-refractivity contribution in [1.29, 1.82) is 0 Å². The molecule has 1 atom stereocenters. The number of nitrogens with one attached hydrogen (secondary N) is 1. The average molecular weight is 389 g/mol. The number of rotatable bonds is 6. The third-order valence-electron chi connectivity index (χ3n) is 2.70. The van der Waals surface area contributed by atoms with E-state index in [0.29, 0.717) is 12.3 Å². The normalized spacial score (nSPS) is 13.0. The van der Waals surface area contributed by atoms with Crippen molar-refractivity contribution < 1.29 is 22.7 Å². The summed E-state index contributed by atoms with van der Waals surface area (Å²) >= 11 is 8.69. The molecular formula is C13H14BrClF3NO2. The average Bonchev–Trinajstić information content (AvgIpc) is 2.38. The smallest absolute Gasteiger partial charge is 0.383 e. The van der Waals surface area contributed by atoms with Crippen LogP contribution in [0, 0.1) is 0 Å². The van der Waals surface area contributed by atoms with E-state index in [1.807, 2.05) is 0 Å². The van der Waals surface area contributed by atoms with Crippen LogP contribution in [0.15, 0.2) is 22.7 Å². The number of amides is 1. The largest absolute Gasteiger partial charge is 0.416 e. The zero-order valence-corrected chi connectivity index (χ0v) is 13.5. The Balaban J connectivity index is 2.95. The number of alkyl halides is 4. The van der Waals surface area contributed by atoms with E-state index in [4.69, 9.17) is 16.3 Å². The standard InChI is InChI=1S/C13H14BrClF3NO2/c1-21-7-9(4-5-15)19-12(20)10-6-8(13(16,17)18)2-3-11(10)14/h2-3,6,9H,4-5,7H2,1H3,(H,19,20). The van der Waals surface area contributed by atoms with E-state index in [1.165, 1.54) is 13.2 Å². The summed E-state index contributed by atoms with van der Waals surface area (Å²) < 4.78 is 43.3. The number of halogens is 5. The molecule has 0 aliphatic heterocycles. The lowest BCUT2D eigenvalue weighted by atomic mass is 10.1. The van der Waals surface area contributed by atoms with E-state index in [2.05, 4.69) is 21.2 Å². The van der Waals surface area contributed by atoms with Crippen LogP contribution in [0.5, 0.6) is 0 Å². The maximum absolute atomic E-state index is 12.7. The molecule has 0 aliphatic carbocycles. The Morgan fingerprint density at radius 2 is 2.14 bits per heavy atom. The lowest BCUT2D eigenvalue weighted by Crippen LogP contribution is -2.38. The van der Waals surface area contributed by atoms with E-state index >= 15 is 0 Å². The Kier molecular flexibility index (Phi) is 6.96. The van der Waals surface area contributed by atoms with Gasteiger partial charge in [0.25, 0.3) is 5.91 Å². The topological polar surface area (TPSA) is 38.3 Å². The van der Waals surface area contributed by atoms with Gasteiger partial charge in [0, 0.05) is 17.5 Å². The number of methoxy groups -OCH3 is 1. The Labute approximate surface area is 133 Å². The highest BCUT2D eigenvalue weighted by molar-refractivity contribution is 9.10. The van der Waals surface area contributed by atoms with E-state index in [1.54, 1.807) is 0 Å². The van der Waals surface area contributed by atoms with Gasteiger partial charge in [0.2, 0.25) is 0 Å². The lowest BCUT2D eigenvalue weighted by Gasteiger charge is -2.18. The van der Waals surface area contributed by atoms with Crippen molar-refractivity contribution in [3.63, 3.8) is 0 Å². The molecular weight excluding hydrogens is 374 g/mol. The summed E-state index contributed by atoms with van der Waals surface area (Å²) in [5.74, 6) is -0.307. The minimum Gasteiger partial charge on any atom is -0.383 e. The molecule has 8 heteroatoms. The Morgan fingerprint density at radius 1 is 1.48 bits per heavy atom. The van der Waals surface area contributed by atoms with Gasteiger partial charge in [-0.15, -0.1) is 11.6 Å². The number of carbonyl (C=O) groups excluding carboxylic acids is 1. The van der Waals surface area contributed by atoms with Crippen LogP contribution in [0.3, 0.4) is 0 Å². The first-order valence-corrected chi connectivity index (χ1v) is 7.34. The second-order valence-electron chi connectivity index (χ2n) is 4.30. The fourth-order valence-electron chi connectivity index (χ4n) is 1.67. The van der Waals surface area contributed by atoms with Gasteiger partial charge in [-0.3, -0.25) is 4.79 Å². The maximum Gasteiger partial charge on any atom is 0.416 e. The van der Waals surface area contributed by atoms with Crippen LogP contribution in [0.2, 0.25) is 0 Å². The number of hydrogen-bond donors (Lipinski definition) is 1. The molecule has 0 bridgehead atoms. The summed E-state index contributed by atoms with van der Waals surface area (Å²) in [7, 11) is 1.47. The Morgan fingerprint density at radius 3 is 2.67 bits per heavy atom. The molecule has 118 valence electrons. The number of hydrogen-bond acceptors (Lipinski definition) is 2. The van der Waals surface area contributed by atoms with Gasteiger partial charge in [-0.2, -0.15) is 13.2 Å². The summed E-state index contributed by atoms with van der Waals surface area (Å²) in [6.45, 7) is 0.231. The van der Waals surface area contributed by atoms with Crippen LogP contribution >= 0.6 is 27.5 Å². The fraction of sp³-hybridized carbons (Fsp3) is 0.462. The van der Waals surface area contributed by atoms with Crippen LogP contribution < -0.4 is 5.32 Å². The van der Waals surface area contributed by atoms with Crippen molar-refractivity contribution in [2.75, 3.05) is 19.6 Å². The molecule has 21 heavy (non-hydrogen) atoms. The van der Waals surface area contributed by atoms with Gasteiger partial charge in [0.15, 0.2) is 0 Å². The minimum atomic E-state index is -4.50. The van der Waals surface area contributed by atoms with E-state index in [9.17, 15) is 18.0 Å². The molecule has 0 aromatic heterocycles. The molecule has 1 amide bonds. The van der Waals surface area contributed by atoms with Crippen molar-refractivity contribution in [3.8, 4) is 0 Å². The van der Waals surface area contributed by atoms with Crippen LogP contribution in [0.4, 0.5) is 13.2 Å². The van der Waals surface area contributed by atoms with E-state index < -0.39 is 17.6 Å². The van der Waals surface area contributed by atoms with Gasteiger partial charge in [0.1, 0.15) is 0 Å². The van der Waals surface area contributed by atoms with Gasteiger partial charge < -0.3 is 10.1 Å². The van der Waals surface area contributed by atoms with Crippen molar-refractivity contribution >= 4 is 33.4 Å². The predicted molar refractivity (Wildman–Crippen MR) is 77.6 cm³/mol. The van der Waals surface area contributed by atoms with Gasteiger partial charge in [-0.1, -0.05) is 0 Å². The summed E-state index contributed by atoms with van der Waals surface area (Å²) in [6, 6.07) is 2.56. The Hall–Kier alpha value is -0.790. The van der Waals surface area contributed by atoms with Crippen molar-refractivity contribution in [3.05, 3.63) is 33.8 Å². The number of carbonyl (C=O) groups is 1. The molecule has 0 heterocycles. The first-order valence-electron chi connectivity index (χ1n) is 6.02. The second-order valence-corrected chi connectivity index (χ2v) is 5.53. The summed E-state index contributed by atoms with van der Waals surface area (Å²) in [4.78, 5) is 12.1. The van der Waals surface area contributed by atoms with Crippen LogP contribution in [0.1, 0.15) is 22.3 Å². The van der Waals surface area contributed by atoms with Gasteiger partial charge in [0.05, 0.1) is 23.8 Å². The van der Waals surface area contributed by atoms with Crippen molar-refractivity contribution in [1.82, 2.24) is 5.32 Å². The highest BCUT2D eigenvalue weighted by atomic mass is 79.9. The van der Waals surface area contributed by atoms with Crippen molar-refractivity contribution in [2.45, 2.75) is 18.6 Å². The fourth-order valence-corrected chi connectivity index (χ4v) is 2.36. The van der Waals surface area contributed by atoms with Crippen molar-refractivity contribution in [2.24, 2.45) is 0 Å². The first-order chi connectivity index (χ1) is 9.79. The molecule has 3 nitrogen and oxygen atoms in total. The summed E-state index contributed by atoms with van der Waals surface area (Å²) in [5.41, 5.74) is -0.961. The molecule has 1 aromatic rings. The predicted octanol–water partition coefficient (Wildman–Crippen LogP) is 3.84. The highest BCUT2D eigenvalue weighted by Crippen LogP contribution is 2.31. The molecule has 0 radical (unpaired) electrons. The van der Waals surface area contributed by atoms with Crippen LogP contribution in [-0.2, 0) is 10.9 Å². The lowest BCUT2D eigenvalue weighted by molar-refractivity contribution is -0.137. The summed E-state index contributed by atoms with van der Waals surface area (Å²) in [5, 5.41) is 2.61. The van der Waals surface area contributed by atoms with Gasteiger partial charge in [-0.05, 0) is 40.5 Å². The number of ether oxygens (including phenoxy) is 1. The Bertz CT molecular complexity index is 491. The molecule has 1 aromatic carbocycles. The molecule has 0 fully saturated rings. The summed E-state index contributed by atoms with van der Waals surface area (Å²) in [6.07, 6.45) is -4.05.